The summed E-state index contributed by atoms with van der Waals surface area (Å²) in [6.45, 7) is 4.82. The number of carbonyl (C=O) groups is 1. The van der Waals surface area contributed by atoms with Gasteiger partial charge in [0.05, 0.1) is 18.1 Å². The highest BCUT2D eigenvalue weighted by molar-refractivity contribution is 5.76. The van der Waals surface area contributed by atoms with Crippen LogP contribution in [0, 0.1) is 35.5 Å². The standard InChI is InChI=1S/C30H50N2O3/c1-18-15-26-27(16-19(18)2)34-28-17-21(31-20-9-12-22(13-10-20)32(3)4)11-14-25(28)30(26)24-8-6-5-7-23(24)29(33)35-30/h18-28,31H,5-17H2,1-4H3. The van der Waals surface area contributed by atoms with Crippen molar-refractivity contribution in [1.29, 1.82) is 0 Å². The molecule has 2 heterocycles. The van der Waals surface area contributed by atoms with E-state index < -0.39 is 0 Å². The average molecular weight is 487 g/mol. The molecule has 0 aromatic heterocycles. The Morgan fingerprint density at radius 1 is 0.771 bits per heavy atom. The number of ether oxygens (including phenoxy) is 2. The molecule has 1 N–H and O–H groups in total. The molecule has 0 amide bonds. The molecule has 0 radical (unpaired) electrons. The Hall–Kier alpha value is -0.650. The number of carbonyl (C=O) groups excluding carboxylic acids is 1. The lowest BCUT2D eigenvalue weighted by atomic mass is 9.53. The molecule has 10 unspecified atom stereocenters. The van der Waals surface area contributed by atoms with Crippen LogP contribution in [-0.4, -0.2) is 60.9 Å². The lowest BCUT2D eigenvalue weighted by molar-refractivity contribution is -0.265. The van der Waals surface area contributed by atoms with Gasteiger partial charge in [-0.25, -0.2) is 0 Å². The molecule has 198 valence electrons. The van der Waals surface area contributed by atoms with Crippen LogP contribution in [-0.2, 0) is 14.3 Å². The fraction of sp³-hybridized carbons (Fsp3) is 0.967. The maximum absolute atomic E-state index is 13.3. The normalized spacial score (nSPS) is 52.0. The summed E-state index contributed by atoms with van der Waals surface area (Å²) < 4.78 is 13.8. The van der Waals surface area contributed by atoms with Gasteiger partial charge in [0.1, 0.15) is 5.60 Å². The molecule has 1 spiro atoms. The molecule has 6 fully saturated rings. The van der Waals surface area contributed by atoms with Gasteiger partial charge in [0, 0.05) is 35.9 Å². The van der Waals surface area contributed by atoms with Crippen LogP contribution >= 0.6 is 0 Å². The van der Waals surface area contributed by atoms with Crippen molar-refractivity contribution in [2.45, 2.75) is 133 Å². The SMILES string of the molecule is CC1CC2OC3CC(NC4CCC(N(C)C)CC4)CCC3C3(OC(=O)C4CCCCC43)C2CC1C. The molecule has 6 rings (SSSR count). The van der Waals surface area contributed by atoms with Crippen molar-refractivity contribution >= 4 is 5.97 Å². The zero-order valence-electron chi connectivity index (χ0n) is 22.7. The van der Waals surface area contributed by atoms with E-state index >= 15 is 0 Å². The molecule has 35 heavy (non-hydrogen) atoms. The van der Waals surface area contributed by atoms with Gasteiger partial charge in [-0.15, -0.1) is 0 Å². The van der Waals surface area contributed by atoms with E-state index in [4.69, 9.17) is 9.47 Å². The van der Waals surface area contributed by atoms with Gasteiger partial charge in [-0.05, 0) is 96.6 Å². The second-order valence-corrected chi connectivity index (χ2v) is 13.8. The molecule has 5 nitrogen and oxygen atoms in total. The predicted molar refractivity (Wildman–Crippen MR) is 138 cm³/mol. The Balaban J connectivity index is 1.21. The second kappa shape index (κ2) is 9.58. The highest BCUT2D eigenvalue weighted by Gasteiger charge is 2.69. The van der Waals surface area contributed by atoms with Crippen LogP contribution in [0.1, 0.15) is 97.3 Å². The first-order valence-electron chi connectivity index (χ1n) is 15.2. The molecular weight excluding hydrogens is 436 g/mol. The zero-order chi connectivity index (χ0) is 24.3. The third-order valence-corrected chi connectivity index (χ3v) is 11.8. The fourth-order valence-corrected chi connectivity index (χ4v) is 9.69. The third kappa shape index (κ3) is 4.20. The van der Waals surface area contributed by atoms with E-state index in [0.717, 1.165) is 31.7 Å². The number of fused-ring (bicyclic) bond motifs is 6. The van der Waals surface area contributed by atoms with Gasteiger partial charge in [0.2, 0.25) is 0 Å². The van der Waals surface area contributed by atoms with Crippen molar-refractivity contribution in [2.24, 2.45) is 35.5 Å². The van der Waals surface area contributed by atoms with Crippen LogP contribution in [0.15, 0.2) is 0 Å². The van der Waals surface area contributed by atoms with Crippen LogP contribution < -0.4 is 5.32 Å². The van der Waals surface area contributed by atoms with Crippen LogP contribution in [0.2, 0.25) is 0 Å². The molecule has 0 aromatic carbocycles. The predicted octanol–water partition coefficient (Wildman–Crippen LogP) is 5.17. The van der Waals surface area contributed by atoms with Gasteiger partial charge in [0.25, 0.3) is 0 Å². The fourth-order valence-electron chi connectivity index (χ4n) is 9.69. The van der Waals surface area contributed by atoms with Crippen molar-refractivity contribution in [3.8, 4) is 0 Å². The summed E-state index contributed by atoms with van der Waals surface area (Å²) in [4.78, 5) is 15.7. The minimum absolute atomic E-state index is 0.137. The largest absolute Gasteiger partial charge is 0.458 e. The van der Waals surface area contributed by atoms with Crippen LogP contribution in [0.25, 0.3) is 0 Å². The number of hydrogen-bond acceptors (Lipinski definition) is 5. The number of esters is 1. The van der Waals surface area contributed by atoms with Gasteiger partial charge in [-0.3, -0.25) is 4.79 Å². The Morgan fingerprint density at radius 3 is 2.23 bits per heavy atom. The average Bonchev–Trinajstić information content (AvgIpc) is 3.14. The third-order valence-electron chi connectivity index (χ3n) is 11.8. The summed E-state index contributed by atoms with van der Waals surface area (Å²) in [5.74, 6) is 2.89. The van der Waals surface area contributed by atoms with E-state index in [0.29, 0.717) is 41.7 Å². The molecule has 5 heteroatoms. The minimum atomic E-state index is -0.251. The van der Waals surface area contributed by atoms with Gasteiger partial charge in [0.15, 0.2) is 0 Å². The lowest BCUT2D eigenvalue weighted by Gasteiger charge is -2.60. The molecule has 0 aromatic rings. The second-order valence-electron chi connectivity index (χ2n) is 13.8. The van der Waals surface area contributed by atoms with Crippen molar-refractivity contribution < 1.29 is 14.3 Å². The van der Waals surface area contributed by atoms with E-state index in [1.165, 1.54) is 57.8 Å². The molecule has 10 atom stereocenters. The van der Waals surface area contributed by atoms with Crippen LogP contribution in [0.3, 0.4) is 0 Å². The van der Waals surface area contributed by atoms with Gasteiger partial charge in [-0.2, -0.15) is 0 Å². The summed E-state index contributed by atoms with van der Waals surface area (Å²) in [5, 5.41) is 4.08. The summed E-state index contributed by atoms with van der Waals surface area (Å²) in [5.41, 5.74) is -0.251. The van der Waals surface area contributed by atoms with E-state index in [9.17, 15) is 4.79 Å². The Labute approximate surface area is 213 Å². The van der Waals surface area contributed by atoms with Gasteiger partial charge < -0.3 is 19.7 Å². The number of nitrogens with zero attached hydrogens (tertiary/aromatic N) is 1. The van der Waals surface area contributed by atoms with Gasteiger partial charge in [-0.1, -0.05) is 26.7 Å². The highest BCUT2D eigenvalue weighted by Crippen LogP contribution is 2.62. The van der Waals surface area contributed by atoms with Crippen molar-refractivity contribution in [1.82, 2.24) is 10.2 Å². The quantitative estimate of drug-likeness (QED) is 0.558. The number of rotatable bonds is 3. The topological polar surface area (TPSA) is 50.8 Å². The van der Waals surface area contributed by atoms with E-state index in [-0.39, 0.29) is 29.7 Å². The molecule has 6 aliphatic rings. The number of nitrogens with one attached hydrogen (secondary N) is 1. The van der Waals surface area contributed by atoms with E-state index in [2.05, 4.69) is 38.2 Å². The summed E-state index contributed by atoms with van der Waals surface area (Å²) in [6, 6.07) is 1.95. The monoisotopic (exact) mass is 486 g/mol. The van der Waals surface area contributed by atoms with E-state index in [1.807, 2.05) is 0 Å². The molecule has 0 bridgehead atoms. The first-order valence-corrected chi connectivity index (χ1v) is 15.2. The van der Waals surface area contributed by atoms with Crippen molar-refractivity contribution in [2.75, 3.05) is 14.1 Å². The first kappa shape index (κ1) is 24.7. The maximum Gasteiger partial charge on any atom is 0.309 e. The summed E-state index contributed by atoms with van der Waals surface area (Å²) >= 11 is 0. The van der Waals surface area contributed by atoms with E-state index in [1.54, 1.807) is 0 Å². The molecule has 4 aliphatic carbocycles. The van der Waals surface area contributed by atoms with Crippen LogP contribution in [0.4, 0.5) is 0 Å². The lowest BCUT2D eigenvalue weighted by Crippen LogP contribution is -2.67. The molecular formula is C30H50N2O3. The van der Waals surface area contributed by atoms with Gasteiger partial charge >= 0.3 is 5.97 Å². The first-order chi connectivity index (χ1) is 16.9. The summed E-state index contributed by atoms with van der Waals surface area (Å²) in [6.07, 6.45) is 16.2. The minimum Gasteiger partial charge on any atom is -0.458 e. The van der Waals surface area contributed by atoms with Crippen molar-refractivity contribution in [3.05, 3.63) is 0 Å². The maximum atomic E-state index is 13.3. The molecule has 2 aliphatic heterocycles. The Kier molecular flexibility index (Phi) is 6.76. The summed E-state index contributed by atoms with van der Waals surface area (Å²) in [7, 11) is 4.45. The zero-order valence-corrected chi connectivity index (χ0v) is 22.7. The molecule has 4 saturated carbocycles. The Bertz CT molecular complexity index is 780. The highest BCUT2D eigenvalue weighted by atomic mass is 16.6. The van der Waals surface area contributed by atoms with Crippen LogP contribution in [0.5, 0.6) is 0 Å². The smallest absolute Gasteiger partial charge is 0.309 e. The molecule has 2 saturated heterocycles. The Morgan fingerprint density at radius 2 is 1.46 bits per heavy atom. The van der Waals surface area contributed by atoms with Crippen molar-refractivity contribution in [3.63, 3.8) is 0 Å². The number of hydrogen-bond donors (Lipinski definition) is 1.